The zero-order valence-corrected chi connectivity index (χ0v) is 15.5. The molecule has 2 aromatic rings. The molecular weight excluding hydrogens is 353 g/mol. The monoisotopic (exact) mass is 377 g/mol. The highest BCUT2D eigenvalue weighted by Crippen LogP contribution is 2.34. The van der Waals surface area contributed by atoms with E-state index in [1.165, 1.54) is 12.1 Å². The number of benzene rings is 2. The third kappa shape index (κ3) is 4.90. The maximum Gasteiger partial charge on any atom is 0.211 e. The molecule has 1 N–H and O–H groups in total. The van der Waals surface area contributed by atoms with Crippen LogP contribution >= 0.6 is 0 Å². The Labute approximate surface area is 154 Å². The fraction of sp³-hybridized carbons (Fsp3) is 0.400. The summed E-state index contributed by atoms with van der Waals surface area (Å²) < 4.78 is 46.5. The van der Waals surface area contributed by atoms with Gasteiger partial charge in [-0.2, -0.15) is 0 Å². The summed E-state index contributed by atoms with van der Waals surface area (Å²) in [5, 5.41) is 0. The van der Waals surface area contributed by atoms with Crippen LogP contribution in [0.15, 0.2) is 54.6 Å². The van der Waals surface area contributed by atoms with E-state index >= 15 is 0 Å². The highest BCUT2D eigenvalue weighted by molar-refractivity contribution is 7.89. The number of ether oxygens (including phenoxy) is 1. The van der Waals surface area contributed by atoms with Gasteiger partial charge in [-0.15, -0.1) is 0 Å². The van der Waals surface area contributed by atoms with Crippen LogP contribution in [0.25, 0.3) is 0 Å². The zero-order valence-electron chi connectivity index (χ0n) is 14.7. The summed E-state index contributed by atoms with van der Waals surface area (Å²) in [5.74, 6) is -0.244. The summed E-state index contributed by atoms with van der Waals surface area (Å²) in [4.78, 5) is 0. The average molecular weight is 377 g/mol. The summed E-state index contributed by atoms with van der Waals surface area (Å²) in [5.41, 5.74) is 1.59. The predicted molar refractivity (Wildman–Crippen MR) is 100 cm³/mol. The molecule has 26 heavy (non-hydrogen) atoms. The normalized spacial score (nSPS) is 17.1. The lowest BCUT2D eigenvalue weighted by Gasteiger charge is -2.38. The number of aryl methyl sites for hydroxylation is 1. The van der Waals surface area contributed by atoms with E-state index in [1.54, 1.807) is 12.1 Å². The molecule has 1 aliphatic rings. The number of hydrogen-bond acceptors (Lipinski definition) is 3. The minimum Gasteiger partial charge on any atom is -0.381 e. The minimum absolute atomic E-state index is 0.0486. The molecule has 0 unspecified atom stereocenters. The van der Waals surface area contributed by atoms with Gasteiger partial charge in [-0.25, -0.2) is 17.5 Å². The number of nitrogens with one attached hydrogen (secondary N) is 1. The first-order valence-corrected chi connectivity index (χ1v) is 10.5. The van der Waals surface area contributed by atoms with Crippen LogP contribution in [0.3, 0.4) is 0 Å². The molecule has 1 fully saturated rings. The number of rotatable bonds is 7. The molecule has 0 bridgehead atoms. The third-order valence-electron chi connectivity index (χ3n) is 5.04. The Bertz CT molecular complexity index is 801. The van der Waals surface area contributed by atoms with Gasteiger partial charge in [0.05, 0.1) is 5.75 Å². The molecule has 0 saturated carbocycles. The minimum atomic E-state index is -3.40. The molecule has 0 spiro atoms. The van der Waals surface area contributed by atoms with Crippen molar-refractivity contribution in [3.8, 4) is 0 Å². The molecule has 0 radical (unpaired) electrons. The quantitative estimate of drug-likeness (QED) is 0.807. The van der Waals surface area contributed by atoms with E-state index in [9.17, 15) is 12.8 Å². The second-order valence-electron chi connectivity index (χ2n) is 6.78. The Morgan fingerprint density at radius 2 is 1.65 bits per heavy atom. The fourth-order valence-electron chi connectivity index (χ4n) is 3.35. The smallest absolute Gasteiger partial charge is 0.211 e. The number of sulfonamides is 1. The number of hydrogen-bond donors (Lipinski definition) is 1. The molecule has 4 nitrogen and oxygen atoms in total. The van der Waals surface area contributed by atoms with E-state index in [2.05, 4.69) is 4.72 Å². The summed E-state index contributed by atoms with van der Waals surface area (Å²) in [7, 11) is -3.40. The van der Waals surface area contributed by atoms with Crippen molar-refractivity contribution in [2.45, 2.75) is 24.7 Å². The van der Waals surface area contributed by atoms with Crippen LogP contribution in [-0.4, -0.2) is 33.9 Å². The van der Waals surface area contributed by atoms with Crippen LogP contribution < -0.4 is 4.72 Å². The Balaban J connectivity index is 1.68. The molecule has 1 aliphatic heterocycles. The van der Waals surface area contributed by atoms with Crippen molar-refractivity contribution in [3.05, 3.63) is 71.5 Å². The van der Waals surface area contributed by atoms with Crippen LogP contribution in [0.5, 0.6) is 0 Å². The standard InChI is InChI=1S/C20H24FNO3S/c21-19-8-6-18(7-9-19)20(11-13-25-14-12-20)16-22-26(23,24)15-10-17-4-2-1-3-5-17/h1-9,22H,10-16H2. The third-order valence-corrected chi connectivity index (χ3v) is 6.37. The van der Waals surface area contributed by atoms with Gasteiger partial charge < -0.3 is 4.74 Å². The summed E-state index contributed by atoms with van der Waals surface area (Å²) in [6.07, 6.45) is 1.89. The van der Waals surface area contributed by atoms with E-state index in [4.69, 9.17) is 4.74 Å². The van der Waals surface area contributed by atoms with E-state index in [-0.39, 0.29) is 17.0 Å². The second kappa shape index (κ2) is 8.29. The predicted octanol–water partition coefficient (Wildman–Crippen LogP) is 3.04. The van der Waals surface area contributed by atoms with Crippen LogP contribution in [0.4, 0.5) is 4.39 Å². The summed E-state index contributed by atoms with van der Waals surface area (Å²) in [6.45, 7) is 1.45. The summed E-state index contributed by atoms with van der Waals surface area (Å²) >= 11 is 0. The Morgan fingerprint density at radius 3 is 2.31 bits per heavy atom. The highest BCUT2D eigenvalue weighted by Gasteiger charge is 2.35. The molecular formula is C20H24FNO3S. The highest BCUT2D eigenvalue weighted by atomic mass is 32.2. The molecule has 0 aliphatic carbocycles. The first-order valence-electron chi connectivity index (χ1n) is 8.84. The zero-order chi connectivity index (χ0) is 18.5. The molecule has 140 valence electrons. The van der Waals surface area contributed by atoms with Gasteiger partial charge in [0.2, 0.25) is 10.0 Å². The van der Waals surface area contributed by atoms with E-state index in [1.807, 2.05) is 30.3 Å². The molecule has 1 saturated heterocycles. The van der Waals surface area contributed by atoms with E-state index in [0.29, 0.717) is 39.0 Å². The van der Waals surface area contributed by atoms with Crippen molar-refractivity contribution in [3.63, 3.8) is 0 Å². The van der Waals surface area contributed by atoms with Gasteiger partial charge in [-0.1, -0.05) is 42.5 Å². The first kappa shape index (κ1) is 19.0. The average Bonchev–Trinajstić information content (AvgIpc) is 2.67. The second-order valence-corrected chi connectivity index (χ2v) is 8.70. The molecule has 1 heterocycles. The van der Waals surface area contributed by atoms with Gasteiger partial charge in [-0.05, 0) is 42.5 Å². The Morgan fingerprint density at radius 1 is 1.00 bits per heavy atom. The van der Waals surface area contributed by atoms with E-state index < -0.39 is 10.0 Å². The SMILES string of the molecule is O=S(=O)(CCc1ccccc1)NCC1(c2ccc(F)cc2)CCOCC1. The maximum atomic E-state index is 13.3. The Kier molecular flexibility index (Phi) is 6.06. The van der Waals surface area contributed by atoms with Crippen molar-refractivity contribution in [1.29, 1.82) is 0 Å². The van der Waals surface area contributed by atoms with Gasteiger partial charge in [0.25, 0.3) is 0 Å². The maximum absolute atomic E-state index is 13.3. The largest absolute Gasteiger partial charge is 0.381 e. The lowest BCUT2D eigenvalue weighted by molar-refractivity contribution is 0.0517. The van der Waals surface area contributed by atoms with Gasteiger partial charge in [-0.3, -0.25) is 0 Å². The topological polar surface area (TPSA) is 55.4 Å². The molecule has 6 heteroatoms. The van der Waals surface area contributed by atoms with Crippen LogP contribution in [0.2, 0.25) is 0 Å². The number of halogens is 1. The lowest BCUT2D eigenvalue weighted by Crippen LogP contribution is -2.45. The molecule has 2 aromatic carbocycles. The van der Waals surface area contributed by atoms with Crippen molar-refractivity contribution in [2.24, 2.45) is 0 Å². The first-order chi connectivity index (χ1) is 12.5. The fourth-order valence-corrected chi connectivity index (χ4v) is 4.50. The molecule has 0 amide bonds. The summed E-state index contributed by atoms with van der Waals surface area (Å²) in [6, 6.07) is 15.9. The van der Waals surface area contributed by atoms with Gasteiger partial charge in [0.1, 0.15) is 5.82 Å². The van der Waals surface area contributed by atoms with Gasteiger partial charge >= 0.3 is 0 Å². The van der Waals surface area contributed by atoms with E-state index in [0.717, 1.165) is 11.1 Å². The van der Waals surface area contributed by atoms with Crippen LogP contribution in [0, 0.1) is 5.82 Å². The van der Waals surface area contributed by atoms with Crippen molar-refractivity contribution < 1.29 is 17.5 Å². The molecule has 3 rings (SSSR count). The van der Waals surface area contributed by atoms with Crippen molar-refractivity contribution in [1.82, 2.24) is 4.72 Å². The molecule has 0 aromatic heterocycles. The van der Waals surface area contributed by atoms with Crippen LogP contribution in [0.1, 0.15) is 24.0 Å². The molecule has 0 atom stereocenters. The van der Waals surface area contributed by atoms with Gasteiger partial charge in [0.15, 0.2) is 0 Å². The lowest BCUT2D eigenvalue weighted by atomic mass is 9.74. The van der Waals surface area contributed by atoms with Crippen LogP contribution in [-0.2, 0) is 26.6 Å². The Hall–Kier alpha value is -1.76. The van der Waals surface area contributed by atoms with Crippen molar-refractivity contribution in [2.75, 3.05) is 25.5 Å². The van der Waals surface area contributed by atoms with Gasteiger partial charge in [0, 0.05) is 25.2 Å². The van der Waals surface area contributed by atoms with Crippen molar-refractivity contribution >= 4 is 10.0 Å².